The number of rotatable bonds is 10. The van der Waals surface area contributed by atoms with Crippen molar-refractivity contribution in [2.45, 2.75) is 63.2 Å². The van der Waals surface area contributed by atoms with Crippen molar-refractivity contribution in [3.05, 3.63) is 30.3 Å². The van der Waals surface area contributed by atoms with Gasteiger partial charge in [-0.25, -0.2) is 0 Å². The number of hydrogen-bond donors (Lipinski definition) is 1. The molecule has 0 saturated heterocycles. The van der Waals surface area contributed by atoms with E-state index in [-0.39, 0.29) is 0 Å². The van der Waals surface area contributed by atoms with Gasteiger partial charge in [-0.1, -0.05) is 0 Å². The van der Waals surface area contributed by atoms with Crippen molar-refractivity contribution in [2.75, 3.05) is 0 Å². The average molecular weight is 312 g/mol. The molecule has 0 aromatic heterocycles. The third-order valence-corrected chi connectivity index (χ3v) is 5.46. The van der Waals surface area contributed by atoms with Crippen LogP contribution in [0, 0.1) is 0 Å². The zero-order valence-corrected chi connectivity index (χ0v) is 13.3. The van der Waals surface area contributed by atoms with Gasteiger partial charge in [0, 0.05) is 0 Å². The van der Waals surface area contributed by atoms with E-state index in [4.69, 9.17) is 5.73 Å². The first-order valence-electron chi connectivity index (χ1n) is 7.26. The van der Waals surface area contributed by atoms with Gasteiger partial charge in [-0.05, 0) is 0 Å². The van der Waals surface area contributed by atoms with Crippen molar-refractivity contribution in [1.82, 2.24) is 0 Å². The number of nitrogens with two attached hydrogens (primary N) is 1. The Morgan fingerprint density at radius 3 is 2.44 bits per heavy atom. The molecule has 1 aromatic carbocycles. The maximum absolute atomic E-state index is 6.07. The van der Waals surface area contributed by atoms with Gasteiger partial charge in [-0.2, -0.15) is 0 Å². The second-order valence-electron chi connectivity index (χ2n) is 4.91. The molecule has 0 aliphatic carbocycles. The third-order valence-electron chi connectivity index (χ3n) is 3.16. The van der Waals surface area contributed by atoms with Gasteiger partial charge in [0.2, 0.25) is 0 Å². The van der Waals surface area contributed by atoms with Crippen molar-refractivity contribution in [3.63, 3.8) is 0 Å². The molecular formula is C16H27NSe. The van der Waals surface area contributed by atoms with Crippen LogP contribution in [-0.4, -0.2) is 21.0 Å². The van der Waals surface area contributed by atoms with Gasteiger partial charge in [0.15, 0.2) is 0 Å². The first-order chi connectivity index (χ1) is 8.83. The summed E-state index contributed by atoms with van der Waals surface area (Å²) in [5, 5.41) is 1.38. The number of unbranched alkanes of at least 4 members (excludes halogenated alkanes) is 3. The van der Waals surface area contributed by atoms with Crippen molar-refractivity contribution in [2.24, 2.45) is 5.73 Å². The van der Waals surface area contributed by atoms with Gasteiger partial charge < -0.3 is 0 Å². The molecule has 2 N–H and O–H groups in total. The van der Waals surface area contributed by atoms with E-state index >= 15 is 0 Å². The van der Waals surface area contributed by atoms with Crippen LogP contribution in [0.3, 0.4) is 0 Å². The Morgan fingerprint density at radius 2 is 1.72 bits per heavy atom. The maximum atomic E-state index is 6.07. The first kappa shape index (κ1) is 15.8. The Hall–Kier alpha value is -0.301. The van der Waals surface area contributed by atoms with Crippen molar-refractivity contribution < 1.29 is 0 Å². The molecule has 1 aromatic rings. The van der Waals surface area contributed by atoms with E-state index in [2.05, 4.69) is 37.3 Å². The fourth-order valence-corrected chi connectivity index (χ4v) is 3.96. The van der Waals surface area contributed by atoms with Crippen molar-refractivity contribution in [1.29, 1.82) is 0 Å². The van der Waals surface area contributed by atoms with Crippen LogP contribution < -0.4 is 10.2 Å². The molecule has 0 saturated carbocycles. The summed E-state index contributed by atoms with van der Waals surface area (Å²) in [6.07, 6.45) is 9.04. The monoisotopic (exact) mass is 313 g/mol. The van der Waals surface area contributed by atoms with Gasteiger partial charge >= 0.3 is 119 Å². The summed E-state index contributed by atoms with van der Waals surface area (Å²) >= 11 is 0.672. The van der Waals surface area contributed by atoms with E-state index in [0.29, 0.717) is 21.0 Å². The summed E-state index contributed by atoms with van der Waals surface area (Å²) in [5.41, 5.74) is 6.07. The molecule has 0 bridgehead atoms. The summed E-state index contributed by atoms with van der Waals surface area (Å²) in [6.45, 7) is 2.23. The predicted octanol–water partition coefficient (Wildman–Crippen LogP) is 3.51. The summed E-state index contributed by atoms with van der Waals surface area (Å²) in [7, 11) is 0. The first-order valence-corrected chi connectivity index (χ1v) is 9.33. The zero-order chi connectivity index (χ0) is 13.1. The quantitative estimate of drug-likeness (QED) is 0.519. The van der Waals surface area contributed by atoms with E-state index in [0.717, 1.165) is 0 Å². The molecule has 0 spiro atoms. The van der Waals surface area contributed by atoms with Gasteiger partial charge in [-0.15, -0.1) is 0 Å². The third kappa shape index (κ3) is 7.92. The van der Waals surface area contributed by atoms with Crippen LogP contribution in [0.25, 0.3) is 0 Å². The van der Waals surface area contributed by atoms with E-state index in [1.54, 1.807) is 0 Å². The molecule has 0 fully saturated rings. The van der Waals surface area contributed by atoms with E-state index in [9.17, 15) is 0 Å². The minimum absolute atomic E-state index is 0.449. The van der Waals surface area contributed by atoms with Gasteiger partial charge in [0.1, 0.15) is 0 Å². The van der Waals surface area contributed by atoms with E-state index in [1.807, 2.05) is 0 Å². The van der Waals surface area contributed by atoms with E-state index in [1.165, 1.54) is 54.7 Å². The molecule has 0 aliphatic rings. The van der Waals surface area contributed by atoms with Crippen molar-refractivity contribution in [3.8, 4) is 0 Å². The Kier molecular flexibility index (Phi) is 9.28. The predicted molar refractivity (Wildman–Crippen MR) is 82.6 cm³/mol. The summed E-state index contributed by atoms with van der Waals surface area (Å²) in [6, 6.07) is 11.3. The Bertz CT molecular complexity index is 286. The SMILES string of the molecule is CCCCC(N)CCCCC[Se]c1ccccc1. The molecular weight excluding hydrogens is 285 g/mol. The van der Waals surface area contributed by atoms with Crippen LogP contribution in [0.2, 0.25) is 5.32 Å². The van der Waals surface area contributed by atoms with Crippen LogP contribution in [-0.2, 0) is 0 Å². The van der Waals surface area contributed by atoms with E-state index < -0.39 is 0 Å². The van der Waals surface area contributed by atoms with Crippen LogP contribution >= 0.6 is 0 Å². The number of benzene rings is 1. The van der Waals surface area contributed by atoms with Gasteiger partial charge in [-0.3, -0.25) is 0 Å². The molecule has 1 rings (SSSR count). The number of hydrogen-bond acceptors (Lipinski definition) is 1. The average Bonchev–Trinajstić information content (AvgIpc) is 2.41. The molecule has 102 valence electrons. The molecule has 1 nitrogen and oxygen atoms in total. The Balaban J connectivity index is 1.93. The Labute approximate surface area is 119 Å². The molecule has 0 amide bonds. The van der Waals surface area contributed by atoms with Crippen molar-refractivity contribution >= 4 is 19.4 Å². The zero-order valence-electron chi connectivity index (χ0n) is 11.6. The summed E-state index contributed by atoms with van der Waals surface area (Å²) in [4.78, 5) is 0. The minimum atomic E-state index is 0.449. The topological polar surface area (TPSA) is 26.0 Å². The fourth-order valence-electron chi connectivity index (χ4n) is 2.00. The molecule has 0 heterocycles. The van der Waals surface area contributed by atoms with Crippen LogP contribution in [0.5, 0.6) is 0 Å². The van der Waals surface area contributed by atoms with Gasteiger partial charge in [0.25, 0.3) is 0 Å². The molecule has 1 unspecified atom stereocenters. The molecule has 0 aliphatic heterocycles. The summed E-state index contributed by atoms with van der Waals surface area (Å²) < 4.78 is 1.53. The second-order valence-corrected chi connectivity index (χ2v) is 7.36. The standard InChI is InChI=1S/C16H27NSe/c1-2-3-10-15(17)11-6-5-9-14-18-16-12-7-4-8-13-16/h4,7-8,12-13,15H,2-3,5-6,9-11,14,17H2,1H3. The van der Waals surface area contributed by atoms with Crippen LogP contribution in [0.1, 0.15) is 51.9 Å². The molecule has 18 heavy (non-hydrogen) atoms. The molecule has 0 radical (unpaired) electrons. The molecule has 1 atom stereocenters. The van der Waals surface area contributed by atoms with Crippen LogP contribution in [0.15, 0.2) is 30.3 Å². The summed E-state index contributed by atoms with van der Waals surface area (Å²) in [5.74, 6) is 0. The van der Waals surface area contributed by atoms with Crippen LogP contribution in [0.4, 0.5) is 0 Å². The normalized spacial score (nSPS) is 12.6. The fraction of sp³-hybridized carbons (Fsp3) is 0.625. The second kappa shape index (κ2) is 10.6. The van der Waals surface area contributed by atoms with Gasteiger partial charge in [0.05, 0.1) is 0 Å². The molecule has 2 heteroatoms. The Morgan fingerprint density at radius 1 is 1.00 bits per heavy atom.